The summed E-state index contributed by atoms with van der Waals surface area (Å²) in [6.45, 7) is 0. The Hall–Kier alpha value is -0.950. The molecule has 0 radical (unpaired) electrons. The van der Waals surface area contributed by atoms with Gasteiger partial charge in [-0.2, -0.15) is 5.26 Å². The average molecular weight is 184 g/mol. The number of nitriles is 1. The fourth-order valence-electron chi connectivity index (χ4n) is 0.395. The fourth-order valence-corrected chi connectivity index (χ4v) is 0.703. The lowest BCUT2D eigenvalue weighted by molar-refractivity contribution is 1.11. The summed E-state index contributed by atoms with van der Waals surface area (Å²) in [5.74, 6) is 0. The number of halogens is 1. The molecule has 0 amide bonds. The van der Waals surface area contributed by atoms with Gasteiger partial charge >= 0.3 is 0 Å². The minimum Gasteiger partial charge on any atom is -0.229 e. The Labute approximate surface area is 60.5 Å². The van der Waals surface area contributed by atoms with E-state index in [1.54, 1.807) is 6.07 Å². The van der Waals surface area contributed by atoms with E-state index in [9.17, 15) is 0 Å². The predicted molar refractivity (Wildman–Crippen MR) is 34.4 cm³/mol. The van der Waals surface area contributed by atoms with E-state index >= 15 is 0 Å². The van der Waals surface area contributed by atoms with Crippen molar-refractivity contribution in [2.24, 2.45) is 0 Å². The molecule has 1 aromatic rings. The lowest BCUT2D eigenvalue weighted by atomic mass is 10.5. The van der Waals surface area contributed by atoms with E-state index < -0.39 is 0 Å². The Morgan fingerprint density at radius 1 is 1.56 bits per heavy atom. The second kappa shape index (κ2) is 2.55. The van der Waals surface area contributed by atoms with Crippen LogP contribution in [0.1, 0.15) is 5.69 Å². The lowest BCUT2D eigenvalue weighted by Crippen LogP contribution is -1.82. The maximum Gasteiger partial charge on any atom is 0.145 e. The molecule has 0 unspecified atom stereocenters. The average Bonchev–Trinajstić information content (AvgIpc) is 1.88. The largest absolute Gasteiger partial charge is 0.229 e. The zero-order valence-electron chi connectivity index (χ0n) is 4.37. The van der Waals surface area contributed by atoms with Gasteiger partial charge in [0.05, 0.1) is 0 Å². The summed E-state index contributed by atoms with van der Waals surface area (Å²) in [7, 11) is 0. The van der Waals surface area contributed by atoms with E-state index in [2.05, 4.69) is 25.9 Å². The monoisotopic (exact) mass is 183 g/mol. The second-order valence-corrected chi connectivity index (χ2v) is 2.15. The van der Waals surface area contributed by atoms with Crippen molar-refractivity contribution in [2.45, 2.75) is 0 Å². The van der Waals surface area contributed by atoms with Crippen LogP contribution in [0.3, 0.4) is 0 Å². The third-order valence-electron chi connectivity index (χ3n) is 0.748. The summed E-state index contributed by atoms with van der Waals surface area (Å²) < 4.78 is 0.633. The zero-order valence-corrected chi connectivity index (χ0v) is 5.96. The highest BCUT2D eigenvalue weighted by molar-refractivity contribution is 9.10. The molecule has 0 saturated heterocycles. The van der Waals surface area contributed by atoms with Crippen molar-refractivity contribution in [1.29, 1.82) is 5.26 Å². The summed E-state index contributed by atoms with van der Waals surface area (Å²) in [4.78, 5) is 7.40. The van der Waals surface area contributed by atoms with Gasteiger partial charge in [0.25, 0.3) is 0 Å². The molecule has 0 fully saturated rings. The molecule has 0 spiro atoms. The summed E-state index contributed by atoms with van der Waals surface area (Å²) in [5.41, 5.74) is 0.372. The maximum absolute atomic E-state index is 8.30. The first-order valence-electron chi connectivity index (χ1n) is 2.20. The highest BCUT2D eigenvalue weighted by Crippen LogP contribution is 2.03. The number of hydrogen-bond donors (Lipinski definition) is 0. The zero-order chi connectivity index (χ0) is 6.69. The van der Waals surface area contributed by atoms with Crippen LogP contribution >= 0.6 is 15.9 Å². The van der Waals surface area contributed by atoms with Crippen molar-refractivity contribution in [1.82, 2.24) is 9.97 Å². The van der Waals surface area contributed by atoms with Crippen LogP contribution in [-0.4, -0.2) is 9.97 Å². The van der Waals surface area contributed by atoms with Crippen molar-refractivity contribution in [2.75, 3.05) is 0 Å². The molecular weight excluding hydrogens is 182 g/mol. The van der Waals surface area contributed by atoms with Gasteiger partial charge in [0.1, 0.15) is 22.7 Å². The van der Waals surface area contributed by atoms with E-state index in [0.717, 1.165) is 0 Å². The molecule has 44 valence electrons. The third kappa shape index (κ3) is 1.47. The number of aromatic nitrogens is 2. The number of hydrogen-bond acceptors (Lipinski definition) is 3. The molecule has 3 nitrogen and oxygen atoms in total. The first-order chi connectivity index (χ1) is 4.33. The van der Waals surface area contributed by atoms with Crippen molar-refractivity contribution in [3.8, 4) is 6.07 Å². The summed E-state index contributed by atoms with van der Waals surface area (Å²) >= 11 is 3.10. The molecule has 0 bridgehead atoms. The smallest absolute Gasteiger partial charge is 0.145 e. The van der Waals surface area contributed by atoms with Gasteiger partial charge in [0, 0.05) is 6.07 Å². The van der Waals surface area contributed by atoms with Crippen molar-refractivity contribution < 1.29 is 0 Å². The van der Waals surface area contributed by atoms with E-state index in [1.165, 1.54) is 6.33 Å². The molecule has 1 heterocycles. The summed E-state index contributed by atoms with van der Waals surface area (Å²) in [6, 6.07) is 3.44. The number of nitrogens with zero attached hydrogens (tertiary/aromatic N) is 3. The minimum atomic E-state index is 0.372. The first-order valence-corrected chi connectivity index (χ1v) is 3.00. The van der Waals surface area contributed by atoms with Gasteiger partial charge in [-0.1, -0.05) is 0 Å². The molecule has 0 aromatic carbocycles. The van der Waals surface area contributed by atoms with Gasteiger partial charge < -0.3 is 0 Å². The van der Waals surface area contributed by atoms with Crippen LogP contribution in [-0.2, 0) is 0 Å². The van der Waals surface area contributed by atoms with Crippen LogP contribution in [0.2, 0.25) is 0 Å². The van der Waals surface area contributed by atoms with Crippen molar-refractivity contribution in [3.63, 3.8) is 0 Å². The van der Waals surface area contributed by atoms with Crippen LogP contribution < -0.4 is 0 Å². The normalized spacial score (nSPS) is 8.44. The molecule has 4 heteroatoms. The Bertz CT molecular complexity index is 253. The van der Waals surface area contributed by atoms with E-state index in [1.807, 2.05) is 6.07 Å². The highest BCUT2D eigenvalue weighted by atomic mass is 79.9. The Kier molecular flexibility index (Phi) is 1.75. The highest BCUT2D eigenvalue weighted by Gasteiger charge is 1.90. The number of rotatable bonds is 0. The van der Waals surface area contributed by atoms with Crippen LogP contribution in [0.5, 0.6) is 0 Å². The molecule has 0 aliphatic heterocycles. The summed E-state index contributed by atoms with van der Waals surface area (Å²) in [5, 5.41) is 8.30. The van der Waals surface area contributed by atoms with Gasteiger partial charge in [-0.05, 0) is 15.9 Å². The van der Waals surface area contributed by atoms with E-state index in [-0.39, 0.29) is 0 Å². The van der Waals surface area contributed by atoms with Crippen molar-refractivity contribution in [3.05, 3.63) is 22.7 Å². The molecule has 0 N–H and O–H groups in total. The van der Waals surface area contributed by atoms with Gasteiger partial charge in [-0.15, -0.1) is 0 Å². The van der Waals surface area contributed by atoms with Gasteiger partial charge in [-0.3, -0.25) is 0 Å². The van der Waals surface area contributed by atoms with Crippen LogP contribution in [0.4, 0.5) is 0 Å². The molecule has 0 aliphatic carbocycles. The second-order valence-electron chi connectivity index (χ2n) is 1.34. The van der Waals surface area contributed by atoms with Gasteiger partial charge in [0.2, 0.25) is 0 Å². The predicted octanol–water partition coefficient (Wildman–Crippen LogP) is 1.11. The quantitative estimate of drug-likeness (QED) is 0.567. The molecule has 9 heavy (non-hydrogen) atoms. The van der Waals surface area contributed by atoms with Crippen LogP contribution in [0, 0.1) is 11.3 Å². The Morgan fingerprint density at radius 3 is 2.78 bits per heavy atom. The van der Waals surface area contributed by atoms with Gasteiger partial charge in [-0.25, -0.2) is 9.97 Å². The van der Waals surface area contributed by atoms with Crippen molar-refractivity contribution >= 4 is 15.9 Å². The van der Waals surface area contributed by atoms with Gasteiger partial charge in [0.15, 0.2) is 0 Å². The molecule has 0 saturated carbocycles. The molecule has 0 atom stereocenters. The Morgan fingerprint density at radius 2 is 2.33 bits per heavy atom. The molecule has 1 rings (SSSR count). The molecule has 1 aromatic heterocycles. The Balaban J connectivity index is 3.12. The minimum absolute atomic E-state index is 0.372. The van der Waals surface area contributed by atoms with E-state index in [0.29, 0.717) is 10.3 Å². The third-order valence-corrected chi connectivity index (χ3v) is 1.18. The van der Waals surface area contributed by atoms with E-state index in [4.69, 9.17) is 5.26 Å². The fraction of sp³-hybridized carbons (Fsp3) is 0. The first kappa shape index (κ1) is 6.17. The standard InChI is InChI=1S/C5H2BrN3/c6-5-1-4(2-7)8-3-9-5/h1,3H. The SMILES string of the molecule is N#Cc1cc(Br)ncn1. The van der Waals surface area contributed by atoms with Crippen LogP contribution in [0.25, 0.3) is 0 Å². The maximum atomic E-state index is 8.30. The van der Waals surface area contributed by atoms with Crippen LogP contribution in [0.15, 0.2) is 17.0 Å². The molecular formula is C5H2BrN3. The summed E-state index contributed by atoms with van der Waals surface area (Å²) in [6.07, 6.45) is 1.34. The lowest BCUT2D eigenvalue weighted by Gasteiger charge is -1.85. The molecule has 0 aliphatic rings. The topological polar surface area (TPSA) is 49.6 Å².